The van der Waals surface area contributed by atoms with Gasteiger partial charge >= 0.3 is 0 Å². The zero-order valence-corrected chi connectivity index (χ0v) is 7.83. The van der Waals surface area contributed by atoms with Crippen LogP contribution in [0.3, 0.4) is 0 Å². The van der Waals surface area contributed by atoms with E-state index >= 15 is 0 Å². The molecule has 1 aromatic rings. The van der Waals surface area contributed by atoms with Gasteiger partial charge in [0, 0.05) is 11.9 Å². The van der Waals surface area contributed by atoms with Crippen LogP contribution in [0.15, 0.2) is 42.6 Å². The third-order valence-corrected chi connectivity index (χ3v) is 1.68. The average molecular weight is 206 g/mol. The Labute approximate surface area is 86.5 Å². The Morgan fingerprint density at radius 3 is 2.67 bits per heavy atom. The van der Waals surface area contributed by atoms with Crippen molar-refractivity contribution in [3.8, 4) is 0 Å². The van der Waals surface area contributed by atoms with Gasteiger partial charge in [0.2, 0.25) is 0 Å². The highest BCUT2D eigenvalue weighted by Crippen LogP contribution is 2.18. The lowest BCUT2D eigenvalue weighted by Gasteiger charge is -2.01. The van der Waals surface area contributed by atoms with E-state index in [0.717, 1.165) is 5.69 Å². The molecule has 5 heteroatoms. The maximum absolute atomic E-state index is 8.36. The molecule has 0 bridgehead atoms. The van der Waals surface area contributed by atoms with Crippen molar-refractivity contribution < 1.29 is 10.3 Å². The number of anilines is 1. The molecule has 1 aromatic carbocycles. The Balaban J connectivity index is 0.000000245. The topological polar surface area (TPSA) is 75.4 Å². The third kappa shape index (κ3) is 3.95. The minimum Gasteiger partial charge on any atom is -0.361 e. The monoisotopic (exact) mass is 206 g/mol. The van der Waals surface area contributed by atoms with E-state index in [1.807, 2.05) is 30.5 Å². The van der Waals surface area contributed by atoms with Crippen LogP contribution in [-0.2, 0) is 0 Å². The van der Waals surface area contributed by atoms with Crippen LogP contribution in [0.1, 0.15) is 5.56 Å². The van der Waals surface area contributed by atoms with Crippen molar-refractivity contribution in [1.82, 2.24) is 0 Å². The summed E-state index contributed by atoms with van der Waals surface area (Å²) < 4.78 is 0. The normalized spacial score (nSPS) is 11.5. The Kier molecular flexibility index (Phi) is 3.91. The molecule has 0 aliphatic carbocycles. The van der Waals surface area contributed by atoms with Crippen molar-refractivity contribution in [2.24, 2.45) is 0 Å². The molecule has 0 spiro atoms. The molecule has 0 fully saturated rings. The highest BCUT2D eigenvalue weighted by Gasteiger charge is 1.95. The van der Waals surface area contributed by atoms with Crippen molar-refractivity contribution >= 4 is 11.8 Å². The van der Waals surface area contributed by atoms with Crippen molar-refractivity contribution in [1.29, 1.82) is 0 Å². The number of nitrogens with one attached hydrogen (secondary N) is 1. The molecule has 78 valence electrons. The van der Waals surface area contributed by atoms with Gasteiger partial charge in [0.25, 0.3) is 5.09 Å². The highest BCUT2D eigenvalue weighted by atomic mass is 16.9. The molecule has 0 unspecified atom stereocenters. The number of allylic oxidation sites excluding steroid dienone is 2. The van der Waals surface area contributed by atoms with E-state index in [4.69, 9.17) is 15.3 Å². The van der Waals surface area contributed by atoms with Crippen LogP contribution in [-0.4, -0.2) is 10.3 Å². The lowest BCUT2D eigenvalue weighted by molar-refractivity contribution is -0.742. The van der Waals surface area contributed by atoms with Gasteiger partial charge in [-0.25, -0.2) is 0 Å². The van der Waals surface area contributed by atoms with Crippen LogP contribution in [0.5, 0.6) is 0 Å². The van der Waals surface area contributed by atoms with Gasteiger partial charge in [-0.1, -0.05) is 30.4 Å². The molecule has 1 aliphatic rings. The number of nitrogens with zero attached hydrogens (tertiary/aromatic N) is 1. The average Bonchev–Trinajstić information content (AvgIpc) is 2.41. The summed E-state index contributed by atoms with van der Waals surface area (Å²) >= 11 is 0. The molecule has 0 saturated carbocycles. The van der Waals surface area contributed by atoms with Crippen molar-refractivity contribution in [2.75, 3.05) is 5.32 Å². The van der Waals surface area contributed by atoms with Gasteiger partial charge in [-0.05, 0) is 17.7 Å². The molecule has 0 radical (unpaired) electrons. The second-order valence-corrected chi connectivity index (χ2v) is 2.69. The van der Waals surface area contributed by atoms with Crippen molar-refractivity contribution in [2.45, 2.75) is 0 Å². The number of hydrogen-bond donors (Lipinski definition) is 2. The van der Waals surface area contributed by atoms with Gasteiger partial charge in [0.05, 0.1) is 0 Å². The fraction of sp³-hybridized carbons (Fsp3) is 0. The fourth-order valence-electron chi connectivity index (χ4n) is 1.13. The van der Waals surface area contributed by atoms with Crippen LogP contribution < -0.4 is 5.32 Å². The number of fused-ring (bicyclic) bond motifs is 1. The van der Waals surface area contributed by atoms with E-state index in [-0.39, 0.29) is 0 Å². The van der Waals surface area contributed by atoms with E-state index in [1.54, 1.807) is 0 Å². The molecule has 0 atom stereocenters. The summed E-state index contributed by atoms with van der Waals surface area (Å²) in [5.41, 5.74) is 2.40. The van der Waals surface area contributed by atoms with Gasteiger partial charge in [-0.15, -0.1) is 10.1 Å². The quantitative estimate of drug-likeness (QED) is 0.504. The largest absolute Gasteiger partial charge is 0.361 e. The summed E-state index contributed by atoms with van der Waals surface area (Å²) in [7, 11) is 0. The molecule has 5 nitrogen and oxygen atoms in total. The molecule has 0 saturated heterocycles. The van der Waals surface area contributed by atoms with Crippen LogP contribution in [0, 0.1) is 10.1 Å². The first-order valence-electron chi connectivity index (χ1n) is 4.22. The molecule has 2 N–H and O–H groups in total. The van der Waals surface area contributed by atoms with Gasteiger partial charge in [-0.2, -0.15) is 0 Å². The third-order valence-electron chi connectivity index (χ3n) is 1.68. The molecule has 15 heavy (non-hydrogen) atoms. The predicted octanol–water partition coefficient (Wildman–Crippen LogP) is 2.29. The molecular weight excluding hydrogens is 196 g/mol. The molecule has 1 heterocycles. The Morgan fingerprint density at radius 1 is 1.27 bits per heavy atom. The number of hydrogen-bond acceptors (Lipinski definition) is 3. The smallest absolute Gasteiger partial charge is 0.291 e. The lowest BCUT2D eigenvalue weighted by Crippen LogP contribution is -1.87. The summed E-state index contributed by atoms with van der Waals surface area (Å²) in [4.78, 5) is 8.36. The number of benzene rings is 1. The first kappa shape index (κ1) is 10.8. The van der Waals surface area contributed by atoms with Crippen molar-refractivity contribution in [3.63, 3.8) is 0 Å². The van der Waals surface area contributed by atoms with Crippen LogP contribution >= 0.6 is 0 Å². The molecule has 0 amide bonds. The van der Waals surface area contributed by atoms with Gasteiger partial charge in [0.15, 0.2) is 0 Å². The van der Waals surface area contributed by atoms with Crippen LogP contribution in [0.4, 0.5) is 5.69 Å². The Hall–Kier alpha value is -2.30. The van der Waals surface area contributed by atoms with E-state index in [0.29, 0.717) is 0 Å². The van der Waals surface area contributed by atoms with E-state index < -0.39 is 5.09 Å². The minimum atomic E-state index is -1.50. The number of rotatable bonds is 0. The zero-order valence-electron chi connectivity index (χ0n) is 7.83. The Morgan fingerprint density at radius 2 is 1.93 bits per heavy atom. The standard InChI is InChI=1S/C10H9N.HNO3/c1-2-7-10-9(5-1)6-3-4-8-11-10;2-1(3)4/h1-8,11H;(H,2,3,4). The number of para-hydroxylation sites is 1. The maximum atomic E-state index is 8.36. The maximum Gasteiger partial charge on any atom is 0.291 e. The van der Waals surface area contributed by atoms with Crippen LogP contribution in [0.25, 0.3) is 6.08 Å². The summed E-state index contributed by atoms with van der Waals surface area (Å²) in [6.45, 7) is 0. The predicted molar refractivity (Wildman–Crippen MR) is 57.0 cm³/mol. The molecule has 1 aliphatic heterocycles. The first-order valence-corrected chi connectivity index (χ1v) is 4.22. The fourth-order valence-corrected chi connectivity index (χ4v) is 1.13. The highest BCUT2D eigenvalue weighted by molar-refractivity contribution is 5.69. The molecule has 0 aromatic heterocycles. The van der Waals surface area contributed by atoms with E-state index in [9.17, 15) is 0 Å². The second-order valence-electron chi connectivity index (χ2n) is 2.69. The summed E-state index contributed by atoms with van der Waals surface area (Å²) in [5, 5.41) is 16.8. The van der Waals surface area contributed by atoms with Crippen LogP contribution in [0.2, 0.25) is 0 Å². The zero-order chi connectivity index (χ0) is 11.1. The molecular formula is C10H10N2O3. The van der Waals surface area contributed by atoms with Crippen molar-refractivity contribution in [3.05, 3.63) is 58.3 Å². The summed E-state index contributed by atoms with van der Waals surface area (Å²) in [5.74, 6) is 0. The Bertz CT molecular complexity index is 395. The molecule has 2 rings (SSSR count). The van der Waals surface area contributed by atoms with E-state index in [1.165, 1.54) is 5.56 Å². The first-order chi connectivity index (χ1) is 7.20. The summed E-state index contributed by atoms with van der Waals surface area (Å²) in [6, 6.07) is 8.22. The minimum absolute atomic E-state index is 1.16. The van der Waals surface area contributed by atoms with E-state index in [2.05, 4.69) is 23.5 Å². The lowest BCUT2D eigenvalue weighted by atomic mass is 10.2. The van der Waals surface area contributed by atoms with Gasteiger partial charge in [-0.3, -0.25) is 0 Å². The van der Waals surface area contributed by atoms with Gasteiger partial charge < -0.3 is 10.5 Å². The second kappa shape index (κ2) is 5.43. The van der Waals surface area contributed by atoms with Gasteiger partial charge in [0.1, 0.15) is 0 Å². The SMILES string of the molecule is C1=CNc2ccccc2C=C1.O=[N+]([O-])O. The summed E-state index contributed by atoms with van der Waals surface area (Å²) in [6.07, 6.45) is 8.03.